The van der Waals surface area contributed by atoms with Crippen LogP contribution in [0, 0.1) is 0 Å². The monoisotopic (exact) mass is 291 g/mol. The molecule has 2 aromatic rings. The van der Waals surface area contributed by atoms with Gasteiger partial charge in [-0.3, -0.25) is 4.79 Å². The van der Waals surface area contributed by atoms with Crippen LogP contribution in [0.1, 0.15) is 37.4 Å². The molecule has 1 aliphatic rings. The summed E-state index contributed by atoms with van der Waals surface area (Å²) in [6, 6.07) is 20.8. The molecule has 0 radical (unpaired) electrons. The number of benzene rings is 2. The van der Waals surface area contributed by atoms with Crippen molar-refractivity contribution in [3.8, 4) is 0 Å². The van der Waals surface area contributed by atoms with E-state index in [4.69, 9.17) is 0 Å². The normalized spacial score (nSPS) is 19.7. The fourth-order valence-electron chi connectivity index (χ4n) is 3.10. The van der Waals surface area contributed by atoms with Gasteiger partial charge in [0.1, 0.15) is 0 Å². The van der Waals surface area contributed by atoms with E-state index in [0.29, 0.717) is 6.42 Å². The standard InChI is InChI=1S/C20H21NO/c1-15(13-17-9-5-3-6-10-17)19-14-20(22)21(19)16(2)18-11-7-4-8-12-18/h3-13,16,19H,14H2,1-2H3/b15-13+/t16-,19+/m0/s1. The highest BCUT2D eigenvalue weighted by molar-refractivity contribution is 5.85. The summed E-state index contributed by atoms with van der Waals surface area (Å²) in [4.78, 5) is 14.1. The van der Waals surface area contributed by atoms with Crippen molar-refractivity contribution in [1.82, 2.24) is 4.90 Å². The first-order valence-electron chi connectivity index (χ1n) is 7.76. The largest absolute Gasteiger partial charge is 0.329 e. The zero-order valence-electron chi connectivity index (χ0n) is 13.1. The van der Waals surface area contributed by atoms with Crippen LogP contribution in [0.5, 0.6) is 0 Å². The zero-order valence-corrected chi connectivity index (χ0v) is 13.1. The average Bonchev–Trinajstić information content (AvgIpc) is 2.54. The van der Waals surface area contributed by atoms with Gasteiger partial charge in [0, 0.05) is 0 Å². The Morgan fingerprint density at radius 3 is 2.27 bits per heavy atom. The third kappa shape index (κ3) is 2.82. The predicted molar refractivity (Wildman–Crippen MR) is 90.2 cm³/mol. The number of hydrogen-bond donors (Lipinski definition) is 0. The van der Waals surface area contributed by atoms with Gasteiger partial charge in [-0.15, -0.1) is 0 Å². The number of β-lactam (4-membered cyclic amide) rings is 1. The van der Waals surface area contributed by atoms with Gasteiger partial charge in [-0.1, -0.05) is 66.7 Å². The van der Waals surface area contributed by atoms with Gasteiger partial charge in [0.25, 0.3) is 0 Å². The molecular weight excluding hydrogens is 270 g/mol. The number of hydrogen-bond acceptors (Lipinski definition) is 1. The zero-order chi connectivity index (χ0) is 15.5. The van der Waals surface area contributed by atoms with Gasteiger partial charge in [-0.05, 0) is 30.5 Å². The fraction of sp³-hybridized carbons (Fsp3) is 0.250. The molecule has 2 atom stereocenters. The number of likely N-dealkylation sites (tertiary alicyclic amines) is 1. The summed E-state index contributed by atoms with van der Waals surface area (Å²) in [7, 11) is 0. The summed E-state index contributed by atoms with van der Waals surface area (Å²) in [5.74, 6) is 0.238. The minimum absolute atomic E-state index is 0.117. The Bertz CT molecular complexity index is 675. The van der Waals surface area contributed by atoms with Crippen LogP contribution in [0.2, 0.25) is 0 Å². The Morgan fingerprint density at radius 2 is 1.68 bits per heavy atom. The highest BCUT2D eigenvalue weighted by Crippen LogP contribution is 2.35. The third-order valence-corrected chi connectivity index (χ3v) is 4.41. The Morgan fingerprint density at radius 1 is 1.09 bits per heavy atom. The molecule has 1 saturated heterocycles. The van der Waals surface area contributed by atoms with E-state index in [2.05, 4.69) is 44.2 Å². The molecule has 2 aromatic carbocycles. The molecule has 1 fully saturated rings. The molecule has 112 valence electrons. The van der Waals surface area contributed by atoms with E-state index in [-0.39, 0.29) is 18.0 Å². The lowest BCUT2D eigenvalue weighted by molar-refractivity contribution is -0.147. The number of carbonyl (C=O) groups excluding carboxylic acids is 1. The lowest BCUT2D eigenvalue weighted by atomic mass is 9.89. The van der Waals surface area contributed by atoms with Crippen LogP contribution in [-0.2, 0) is 4.79 Å². The van der Waals surface area contributed by atoms with Crippen LogP contribution < -0.4 is 0 Å². The van der Waals surface area contributed by atoms with Crippen molar-refractivity contribution >= 4 is 12.0 Å². The van der Waals surface area contributed by atoms with Crippen LogP contribution in [-0.4, -0.2) is 16.8 Å². The van der Waals surface area contributed by atoms with E-state index in [1.165, 1.54) is 16.7 Å². The van der Waals surface area contributed by atoms with E-state index in [9.17, 15) is 4.79 Å². The highest BCUT2D eigenvalue weighted by Gasteiger charge is 2.40. The fourth-order valence-corrected chi connectivity index (χ4v) is 3.10. The second kappa shape index (κ2) is 6.18. The molecule has 0 unspecified atom stereocenters. The van der Waals surface area contributed by atoms with Gasteiger partial charge in [0.15, 0.2) is 0 Å². The van der Waals surface area contributed by atoms with Crippen molar-refractivity contribution in [2.24, 2.45) is 0 Å². The molecule has 22 heavy (non-hydrogen) atoms. The van der Waals surface area contributed by atoms with Gasteiger partial charge < -0.3 is 4.90 Å². The Labute approximate surface area is 132 Å². The van der Waals surface area contributed by atoms with Crippen molar-refractivity contribution in [3.63, 3.8) is 0 Å². The summed E-state index contributed by atoms with van der Waals surface area (Å²) in [6.45, 7) is 4.23. The minimum Gasteiger partial charge on any atom is -0.329 e. The first kappa shape index (κ1) is 14.6. The Hall–Kier alpha value is -2.35. The topological polar surface area (TPSA) is 20.3 Å². The molecular formula is C20H21NO. The van der Waals surface area contributed by atoms with Gasteiger partial charge >= 0.3 is 0 Å². The van der Waals surface area contributed by atoms with Crippen molar-refractivity contribution in [3.05, 3.63) is 77.4 Å². The van der Waals surface area contributed by atoms with E-state index < -0.39 is 0 Å². The van der Waals surface area contributed by atoms with E-state index in [0.717, 1.165) is 0 Å². The summed E-state index contributed by atoms with van der Waals surface area (Å²) in [5, 5.41) is 0. The van der Waals surface area contributed by atoms with Crippen LogP contribution >= 0.6 is 0 Å². The van der Waals surface area contributed by atoms with Crippen LogP contribution in [0.3, 0.4) is 0 Å². The molecule has 0 bridgehead atoms. The van der Waals surface area contributed by atoms with Gasteiger partial charge in [-0.25, -0.2) is 0 Å². The van der Waals surface area contributed by atoms with E-state index >= 15 is 0 Å². The molecule has 1 aliphatic heterocycles. The molecule has 0 aliphatic carbocycles. The molecule has 1 heterocycles. The van der Waals surface area contributed by atoms with Crippen LogP contribution in [0.15, 0.2) is 66.2 Å². The first-order chi connectivity index (χ1) is 10.7. The molecule has 0 aromatic heterocycles. The van der Waals surface area contributed by atoms with Crippen molar-refractivity contribution in [2.75, 3.05) is 0 Å². The second-order valence-electron chi connectivity index (χ2n) is 5.91. The van der Waals surface area contributed by atoms with Crippen molar-refractivity contribution in [1.29, 1.82) is 0 Å². The Kier molecular flexibility index (Phi) is 4.10. The number of rotatable bonds is 4. The Balaban J connectivity index is 1.80. The summed E-state index contributed by atoms with van der Waals surface area (Å²) >= 11 is 0. The maximum atomic E-state index is 12.1. The lowest BCUT2D eigenvalue weighted by Crippen LogP contribution is -2.53. The SMILES string of the molecule is C/C(=C\c1ccccc1)[C@H]1CC(=O)N1[C@@H](C)c1ccccc1. The van der Waals surface area contributed by atoms with Crippen LogP contribution in [0.4, 0.5) is 0 Å². The second-order valence-corrected chi connectivity index (χ2v) is 5.91. The quantitative estimate of drug-likeness (QED) is 0.762. The highest BCUT2D eigenvalue weighted by atomic mass is 16.2. The molecule has 0 N–H and O–H groups in total. The molecule has 0 spiro atoms. The number of amides is 1. The summed E-state index contributed by atoms with van der Waals surface area (Å²) in [5.41, 5.74) is 3.62. The van der Waals surface area contributed by atoms with Crippen molar-refractivity contribution in [2.45, 2.75) is 32.4 Å². The van der Waals surface area contributed by atoms with E-state index in [1.54, 1.807) is 0 Å². The molecule has 1 amide bonds. The third-order valence-electron chi connectivity index (χ3n) is 4.41. The lowest BCUT2D eigenvalue weighted by Gasteiger charge is -2.45. The van der Waals surface area contributed by atoms with Gasteiger partial charge in [0.05, 0.1) is 18.5 Å². The van der Waals surface area contributed by atoms with Gasteiger partial charge in [0.2, 0.25) is 5.91 Å². The number of carbonyl (C=O) groups is 1. The maximum absolute atomic E-state index is 12.1. The molecule has 2 nitrogen and oxygen atoms in total. The van der Waals surface area contributed by atoms with E-state index in [1.807, 2.05) is 41.3 Å². The minimum atomic E-state index is 0.117. The molecule has 3 rings (SSSR count). The summed E-state index contributed by atoms with van der Waals surface area (Å²) < 4.78 is 0. The average molecular weight is 291 g/mol. The molecule has 2 heteroatoms. The number of nitrogens with zero attached hydrogens (tertiary/aromatic N) is 1. The smallest absolute Gasteiger partial charge is 0.226 e. The molecule has 0 saturated carbocycles. The summed E-state index contributed by atoms with van der Waals surface area (Å²) in [6.07, 6.45) is 2.80. The first-order valence-corrected chi connectivity index (χ1v) is 7.76. The van der Waals surface area contributed by atoms with Gasteiger partial charge in [-0.2, -0.15) is 0 Å². The maximum Gasteiger partial charge on any atom is 0.226 e. The van der Waals surface area contributed by atoms with Crippen LogP contribution in [0.25, 0.3) is 6.08 Å². The predicted octanol–water partition coefficient (Wildman–Crippen LogP) is 4.45. The van der Waals surface area contributed by atoms with Crippen molar-refractivity contribution < 1.29 is 4.79 Å².